The summed E-state index contributed by atoms with van der Waals surface area (Å²) in [5, 5.41) is 0. The highest BCUT2D eigenvalue weighted by molar-refractivity contribution is 5.94. The van der Waals surface area contributed by atoms with Crippen LogP contribution in [-0.2, 0) is 0 Å². The van der Waals surface area contributed by atoms with E-state index in [-0.39, 0.29) is 11.9 Å². The van der Waals surface area contributed by atoms with E-state index in [0.29, 0.717) is 12.0 Å². The first-order valence-electron chi connectivity index (χ1n) is 8.95. The number of nitrogens with zero attached hydrogens (tertiary/aromatic N) is 1. The Morgan fingerprint density at radius 1 is 1.26 bits per heavy atom. The van der Waals surface area contributed by atoms with Crippen LogP contribution in [0.25, 0.3) is 0 Å². The number of hydrogen-bond donors (Lipinski definition) is 1. The lowest BCUT2D eigenvalue weighted by Gasteiger charge is -2.34. The summed E-state index contributed by atoms with van der Waals surface area (Å²) in [5.74, 6) is 1.33. The molecule has 1 aliphatic carbocycles. The molecule has 2 unspecified atom stereocenters. The van der Waals surface area contributed by atoms with Gasteiger partial charge in [0.25, 0.3) is 5.91 Å². The number of rotatable bonds is 4. The topological polar surface area (TPSA) is 55.6 Å². The molecule has 1 amide bonds. The molecule has 0 spiro atoms. The lowest BCUT2D eigenvalue weighted by atomic mass is 9.92. The fraction of sp³-hybridized carbons (Fsp3) is 0.632. The van der Waals surface area contributed by atoms with E-state index in [1.165, 1.54) is 12.8 Å². The number of carbonyl (C=O) groups excluding carboxylic acids is 1. The largest absolute Gasteiger partial charge is 0.490 e. The fourth-order valence-electron chi connectivity index (χ4n) is 3.71. The summed E-state index contributed by atoms with van der Waals surface area (Å²) in [6.07, 6.45) is 7.21. The van der Waals surface area contributed by atoms with Crippen molar-refractivity contribution in [2.75, 3.05) is 13.1 Å². The molecule has 126 valence electrons. The second-order valence-corrected chi connectivity index (χ2v) is 7.06. The molecule has 3 rings (SSSR count). The highest BCUT2D eigenvalue weighted by atomic mass is 16.5. The van der Waals surface area contributed by atoms with Gasteiger partial charge in [0.05, 0.1) is 6.10 Å². The van der Waals surface area contributed by atoms with E-state index in [4.69, 9.17) is 10.5 Å². The van der Waals surface area contributed by atoms with Gasteiger partial charge >= 0.3 is 0 Å². The molecule has 2 fully saturated rings. The Hall–Kier alpha value is -1.55. The molecule has 2 atom stereocenters. The van der Waals surface area contributed by atoms with E-state index in [1.807, 2.05) is 36.1 Å². The summed E-state index contributed by atoms with van der Waals surface area (Å²) in [7, 11) is 0. The van der Waals surface area contributed by atoms with Crippen LogP contribution in [0.5, 0.6) is 5.75 Å². The minimum absolute atomic E-state index is 0.104. The zero-order chi connectivity index (χ0) is 16.2. The third kappa shape index (κ3) is 4.05. The molecule has 1 aliphatic heterocycles. The monoisotopic (exact) mass is 316 g/mol. The highest BCUT2D eigenvalue weighted by Crippen LogP contribution is 2.26. The maximum absolute atomic E-state index is 12.8. The standard InChI is InChI=1S/C19H28N2O2/c1-14(20)16-7-5-11-21(13-16)19(22)15-6-4-10-18(12-15)23-17-8-2-3-9-17/h4,6,10,12,14,16-17H,2-3,5,7-9,11,13,20H2,1H3. The van der Waals surface area contributed by atoms with Gasteiger partial charge in [0.2, 0.25) is 0 Å². The number of ether oxygens (including phenoxy) is 1. The number of hydrogen-bond acceptors (Lipinski definition) is 3. The first-order valence-corrected chi connectivity index (χ1v) is 8.95. The Morgan fingerprint density at radius 2 is 2.04 bits per heavy atom. The Bertz CT molecular complexity index is 538. The van der Waals surface area contributed by atoms with Crippen molar-refractivity contribution in [3.63, 3.8) is 0 Å². The summed E-state index contributed by atoms with van der Waals surface area (Å²) >= 11 is 0. The van der Waals surface area contributed by atoms with Crippen LogP contribution in [0.4, 0.5) is 0 Å². The van der Waals surface area contributed by atoms with E-state index >= 15 is 0 Å². The molecule has 4 heteroatoms. The Balaban J connectivity index is 1.66. The Kier molecular flexibility index (Phi) is 5.21. The average Bonchev–Trinajstić information content (AvgIpc) is 3.07. The van der Waals surface area contributed by atoms with Crippen LogP contribution in [0.1, 0.15) is 55.8 Å². The minimum atomic E-state index is 0.104. The van der Waals surface area contributed by atoms with Gasteiger partial charge in [0, 0.05) is 24.7 Å². The van der Waals surface area contributed by atoms with Crippen molar-refractivity contribution < 1.29 is 9.53 Å². The molecule has 1 saturated carbocycles. The number of carbonyl (C=O) groups is 1. The SMILES string of the molecule is CC(N)C1CCCN(C(=O)c2cccc(OC3CCCC3)c2)C1. The third-order valence-corrected chi connectivity index (χ3v) is 5.17. The van der Waals surface area contributed by atoms with Crippen molar-refractivity contribution in [1.29, 1.82) is 0 Å². The molecule has 0 radical (unpaired) electrons. The highest BCUT2D eigenvalue weighted by Gasteiger charge is 2.26. The minimum Gasteiger partial charge on any atom is -0.490 e. The summed E-state index contributed by atoms with van der Waals surface area (Å²) in [6.45, 7) is 3.63. The molecule has 0 aromatic heterocycles. The van der Waals surface area contributed by atoms with Gasteiger partial charge in [-0.15, -0.1) is 0 Å². The van der Waals surface area contributed by atoms with Crippen molar-refractivity contribution in [1.82, 2.24) is 4.90 Å². The predicted octanol–water partition coefficient (Wildman–Crippen LogP) is 3.21. The quantitative estimate of drug-likeness (QED) is 0.928. The van der Waals surface area contributed by atoms with Gasteiger partial charge in [0.1, 0.15) is 5.75 Å². The van der Waals surface area contributed by atoms with Gasteiger partial charge in [-0.25, -0.2) is 0 Å². The number of amides is 1. The Morgan fingerprint density at radius 3 is 2.78 bits per heavy atom. The van der Waals surface area contributed by atoms with Crippen molar-refractivity contribution >= 4 is 5.91 Å². The van der Waals surface area contributed by atoms with Crippen LogP contribution in [0.15, 0.2) is 24.3 Å². The lowest BCUT2D eigenvalue weighted by molar-refractivity contribution is 0.0660. The van der Waals surface area contributed by atoms with Gasteiger partial charge in [-0.2, -0.15) is 0 Å². The van der Waals surface area contributed by atoms with E-state index in [2.05, 4.69) is 0 Å². The van der Waals surface area contributed by atoms with Crippen molar-refractivity contribution in [3.05, 3.63) is 29.8 Å². The van der Waals surface area contributed by atoms with E-state index in [9.17, 15) is 4.79 Å². The van der Waals surface area contributed by atoms with Gasteiger partial charge in [-0.3, -0.25) is 4.79 Å². The maximum Gasteiger partial charge on any atom is 0.253 e. The van der Waals surface area contributed by atoms with Crippen molar-refractivity contribution in [2.45, 2.75) is 57.6 Å². The zero-order valence-corrected chi connectivity index (χ0v) is 14.0. The zero-order valence-electron chi connectivity index (χ0n) is 14.0. The number of nitrogens with two attached hydrogens (primary N) is 1. The van der Waals surface area contributed by atoms with Gasteiger partial charge in [0.15, 0.2) is 0 Å². The predicted molar refractivity (Wildman–Crippen MR) is 91.6 cm³/mol. The second-order valence-electron chi connectivity index (χ2n) is 7.06. The second kappa shape index (κ2) is 7.35. The fourth-order valence-corrected chi connectivity index (χ4v) is 3.71. The van der Waals surface area contributed by atoms with Crippen LogP contribution >= 0.6 is 0 Å². The first-order chi connectivity index (χ1) is 11.1. The van der Waals surface area contributed by atoms with E-state index in [0.717, 1.165) is 50.1 Å². The number of likely N-dealkylation sites (tertiary alicyclic amines) is 1. The lowest BCUT2D eigenvalue weighted by Crippen LogP contribution is -2.45. The number of piperidine rings is 1. The molecule has 2 N–H and O–H groups in total. The van der Waals surface area contributed by atoms with Crippen LogP contribution in [0.3, 0.4) is 0 Å². The maximum atomic E-state index is 12.8. The third-order valence-electron chi connectivity index (χ3n) is 5.17. The number of benzene rings is 1. The molecule has 4 nitrogen and oxygen atoms in total. The molecule has 1 aromatic rings. The van der Waals surface area contributed by atoms with Gasteiger partial charge in [-0.05, 0) is 69.6 Å². The smallest absolute Gasteiger partial charge is 0.253 e. The molecule has 1 aromatic carbocycles. The molecule has 1 heterocycles. The Labute approximate surface area is 139 Å². The average molecular weight is 316 g/mol. The van der Waals surface area contributed by atoms with E-state index in [1.54, 1.807) is 0 Å². The van der Waals surface area contributed by atoms with Crippen LogP contribution < -0.4 is 10.5 Å². The van der Waals surface area contributed by atoms with Crippen LogP contribution in [0, 0.1) is 5.92 Å². The summed E-state index contributed by atoms with van der Waals surface area (Å²) in [5.41, 5.74) is 6.75. The molecule has 2 aliphatic rings. The normalized spacial score (nSPS) is 23.7. The summed E-state index contributed by atoms with van der Waals surface area (Å²) < 4.78 is 6.02. The van der Waals surface area contributed by atoms with Gasteiger partial charge in [-0.1, -0.05) is 6.07 Å². The van der Waals surface area contributed by atoms with Crippen LogP contribution in [-0.4, -0.2) is 36.0 Å². The molecular weight excluding hydrogens is 288 g/mol. The van der Waals surface area contributed by atoms with E-state index < -0.39 is 0 Å². The molecule has 1 saturated heterocycles. The molecular formula is C19H28N2O2. The van der Waals surface area contributed by atoms with Crippen LogP contribution in [0.2, 0.25) is 0 Å². The molecule has 23 heavy (non-hydrogen) atoms. The summed E-state index contributed by atoms with van der Waals surface area (Å²) in [4.78, 5) is 14.7. The summed E-state index contributed by atoms with van der Waals surface area (Å²) in [6, 6.07) is 7.80. The van der Waals surface area contributed by atoms with Gasteiger partial charge < -0.3 is 15.4 Å². The van der Waals surface area contributed by atoms with Crippen molar-refractivity contribution in [2.24, 2.45) is 11.7 Å². The van der Waals surface area contributed by atoms with Crippen molar-refractivity contribution in [3.8, 4) is 5.75 Å². The molecule has 0 bridgehead atoms. The first kappa shape index (κ1) is 16.3.